The number of alkyl halides is 6. The van der Waals surface area contributed by atoms with Crippen molar-refractivity contribution < 1.29 is 31.1 Å². The van der Waals surface area contributed by atoms with Gasteiger partial charge in [0.2, 0.25) is 5.91 Å². The van der Waals surface area contributed by atoms with E-state index < -0.39 is 29.4 Å². The normalized spacial score (nSPS) is 12.6. The van der Waals surface area contributed by atoms with Crippen LogP contribution in [0.3, 0.4) is 0 Å². The summed E-state index contributed by atoms with van der Waals surface area (Å²) in [4.78, 5) is 12.0. The molecule has 9 heteroatoms. The first kappa shape index (κ1) is 22.7. The van der Waals surface area contributed by atoms with E-state index in [0.717, 1.165) is 5.56 Å². The van der Waals surface area contributed by atoms with Crippen molar-refractivity contribution >= 4 is 27.7 Å². The van der Waals surface area contributed by atoms with E-state index >= 15 is 0 Å². The predicted molar refractivity (Wildman–Crippen MR) is 112 cm³/mol. The summed E-state index contributed by atoms with van der Waals surface area (Å²) in [6, 6.07) is 12.8. The molecular weight excluding hydrogens is 446 g/mol. The summed E-state index contributed by atoms with van der Waals surface area (Å²) in [5.74, 6) is -0.703. The number of aryl methyl sites for hydroxylation is 1. The summed E-state index contributed by atoms with van der Waals surface area (Å²) >= 11 is 0. The molecule has 1 heterocycles. The lowest BCUT2D eigenvalue weighted by Gasteiger charge is -2.15. The van der Waals surface area contributed by atoms with Gasteiger partial charge in [-0.05, 0) is 60.0 Å². The molecule has 33 heavy (non-hydrogen) atoms. The van der Waals surface area contributed by atoms with Gasteiger partial charge in [0.1, 0.15) is 0 Å². The number of hydrogen-bond donors (Lipinski definition) is 1. The smallest absolute Gasteiger partial charge is 0.366 e. The van der Waals surface area contributed by atoms with E-state index in [-0.39, 0.29) is 23.7 Å². The Balaban J connectivity index is 2.01. The largest absolute Gasteiger partial charge is 0.416 e. The summed E-state index contributed by atoms with van der Waals surface area (Å²) < 4.78 is 81.6. The number of hydrogen-bond acceptors (Lipinski definition) is 1. The van der Waals surface area contributed by atoms with Gasteiger partial charge < -0.3 is 10.3 Å². The molecule has 1 radical (unpaired) electrons. The molecule has 4 aromatic rings. The second kappa shape index (κ2) is 7.83. The van der Waals surface area contributed by atoms with Gasteiger partial charge in [0.05, 0.1) is 22.2 Å². The lowest BCUT2D eigenvalue weighted by Crippen LogP contribution is -2.13. The first-order valence-corrected chi connectivity index (χ1v) is 9.94. The highest BCUT2D eigenvalue weighted by Gasteiger charge is 2.37. The van der Waals surface area contributed by atoms with Gasteiger partial charge in [0, 0.05) is 22.9 Å². The van der Waals surface area contributed by atoms with Gasteiger partial charge in [-0.1, -0.05) is 19.1 Å². The molecule has 0 aliphatic rings. The maximum Gasteiger partial charge on any atom is 0.416 e. The van der Waals surface area contributed by atoms with Crippen LogP contribution in [0.25, 0.3) is 21.8 Å². The van der Waals surface area contributed by atoms with Gasteiger partial charge in [-0.15, -0.1) is 0 Å². The molecule has 1 aromatic heterocycles. The van der Waals surface area contributed by atoms with Crippen molar-refractivity contribution in [3.05, 3.63) is 82.4 Å². The zero-order chi connectivity index (χ0) is 24.1. The van der Waals surface area contributed by atoms with Crippen LogP contribution in [0.5, 0.6) is 0 Å². The molecule has 0 bridgehead atoms. The standard InChI is InChI=1S/C24H17F6N2O/c1-2-13-6-7-17-20(10-13)32(19-5-3-4-18(21(17)19)22(31)33)12-14-8-15(23(25,26)27)11-16(9-14)24(28,29)30/h3-6,8-11H,2,12H2,1H3,(H2,31,33). The Kier molecular flexibility index (Phi) is 5.38. The summed E-state index contributed by atoms with van der Waals surface area (Å²) in [5.41, 5.74) is 4.61. The van der Waals surface area contributed by atoms with E-state index in [9.17, 15) is 31.1 Å². The van der Waals surface area contributed by atoms with Crippen LogP contribution in [0.2, 0.25) is 0 Å². The fraction of sp³-hybridized carbons (Fsp3) is 0.208. The Morgan fingerprint density at radius 2 is 1.58 bits per heavy atom. The SMILES string of the molecule is CCc1c[c]c2c3c(C(N)=O)cccc3n(Cc3cc(C(F)(F)F)cc(C(F)(F)F)c3)c2c1. The van der Waals surface area contributed by atoms with Crippen LogP contribution in [0.15, 0.2) is 48.5 Å². The van der Waals surface area contributed by atoms with E-state index in [0.29, 0.717) is 40.4 Å². The van der Waals surface area contributed by atoms with Crippen LogP contribution in [-0.4, -0.2) is 10.5 Å². The van der Waals surface area contributed by atoms with Crippen LogP contribution >= 0.6 is 0 Å². The van der Waals surface area contributed by atoms with Gasteiger partial charge in [-0.25, -0.2) is 0 Å². The molecular formula is C24H17F6N2O. The average molecular weight is 463 g/mol. The average Bonchev–Trinajstić information content (AvgIpc) is 3.05. The maximum absolute atomic E-state index is 13.3. The van der Waals surface area contributed by atoms with E-state index in [1.54, 1.807) is 28.8 Å². The molecule has 0 fully saturated rings. The number of benzene rings is 3. The summed E-state index contributed by atoms with van der Waals surface area (Å²) in [6.45, 7) is 1.62. The molecule has 171 valence electrons. The highest BCUT2D eigenvalue weighted by molar-refractivity contribution is 6.17. The summed E-state index contributed by atoms with van der Waals surface area (Å²) in [6.07, 6.45) is -9.25. The number of primary amides is 1. The number of fused-ring (bicyclic) bond motifs is 3. The lowest BCUT2D eigenvalue weighted by molar-refractivity contribution is -0.143. The van der Waals surface area contributed by atoms with Gasteiger partial charge in [-0.2, -0.15) is 26.3 Å². The molecule has 0 saturated heterocycles. The maximum atomic E-state index is 13.3. The number of nitrogens with zero attached hydrogens (tertiary/aromatic N) is 1. The molecule has 1 amide bonds. The van der Waals surface area contributed by atoms with Crippen molar-refractivity contribution in [2.75, 3.05) is 0 Å². The van der Waals surface area contributed by atoms with Crippen molar-refractivity contribution in [2.45, 2.75) is 32.2 Å². The fourth-order valence-electron chi connectivity index (χ4n) is 3.97. The van der Waals surface area contributed by atoms with Gasteiger partial charge in [0.25, 0.3) is 0 Å². The van der Waals surface area contributed by atoms with Gasteiger partial charge in [-0.3, -0.25) is 4.79 Å². The third kappa shape index (κ3) is 4.15. The molecule has 0 aliphatic carbocycles. The summed E-state index contributed by atoms with van der Waals surface area (Å²) in [7, 11) is 0. The van der Waals surface area contributed by atoms with Gasteiger partial charge >= 0.3 is 12.4 Å². The number of carbonyl (C=O) groups is 1. The Bertz CT molecular complexity index is 1350. The Morgan fingerprint density at radius 3 is 2.12 bits per heavy atom. The van der Waals surface area contributed by atoms with E-state index in [2.05, 4.69) is 6.07 Å². The zero-order valence-corrected chi connectivity index (χ0v) is 17.2. The third-order valence-corrected chi connectivity index (χ3v) is 5.52. The second-order valence-corrected chi connectivity index (χ2v) is 7.69. The van der Waals surface area contributed by atoms with Crippen LogP contribution in [0, 0.1) is 6.07 Å². The molecule has 3 nitrogen and oxygen atoms in total. The minimum Gasteiger partial charge on any atom is -0.366 e. The van der Waals surface area contributed by atoms with Crippen molar-refractivity contribution in [1.82, 2.24) is 4.57 Å². The Hall–Kier alpha value is -3.49. The predicted octanol–water partition coefficient (Wildman–Crippen LogP) is 6.34. The van der Waals surface area contributed by atoms with Crippen molar-refractivity contribution in [3.63, 3.8) is 0 Å². The zero-order valence-electron chi connectivity index (χ0n) is 17.2. The van der Waals surface area contributed by atoms with Crippen LogP contribution in [-0.2, 0) is 25.3 Å². The lowest BCUT2D eigenvalue weighted by atomic mass is 10.0. The first-order chi connectivity index (χ1) is 15.4. The third-order valence-electron chi connectivity index (χ3n) is 5.52. The van der Waals surface area contributed by atoms with Crippen LogP contribution in [0.4, 0.5) is 26.3 Å². The van der Waals surface area contributed by atoms with Gasteiger partial charge in [0.15, 0.2) is 0 Å². The van der Waals surface area contributed by atoms with E-state index in [4.69, 9.17) is 5.73 Å². The van der Waals surface area contributed by atoms with Crippen molar-refractivity contribution in [3.8, 4) is 0 Å². The van der Waals surface area contributed by atoms with E-state index in [1.165, 1.54) is 6.07 Å². The molecule has 0 atom stereocenters. The molecule has 0 unspecified atom stereocenters. The van der Waals surface area contributed by atoms with Crippen molar-refractivity contribution in [2.24, 2.45) is 5.73 Å². The number of carbonyl (C=O) groups excluding carboxylic acids is 1. The number of halogens is 6. The van der Waals surface area contributed by atoms with Crippen LogP contribution < -0.4 is 5.73 Å². The Labute approximate surface area is 184 Å². The topological polar surface area (TPSA) is 48.0 Å². The van der Waals surface area contributed by atoms with Crippen LogP contribution in [0.1, 0.15) is 39.5 Å². The molecule has 0 aliphatic heterocycles. The fourth-order valence-corrected chi connectivity index (χ4v) is 3.97. The number of amides is 1. The Morgan fingerprint density at radius 1 is 0.939 bits per heavy atom. The first-order valence-electron chi connectivity index (χ1n) is 9.94. The second-order valence-electron chi connectivity index (χ2n) is 7.69. The molecule has 3 aromatic carbocycles. The van der Waals surface area contributed by atoms with Crippen molar-refractivity contribution in [1.29, 1.82) is 0 Å². The number of rotatable bonds is 4. The number of nitrogens with two attached hydrogens (primary N) is 1. The molecule has 4 rings (SSSR count). The summed E-state index contributed by atoms with van der Waals surface area (Å²) in [5, 5.41) is 0.963. The molecule has 0 saturated carbocycles. The molecule has 2 N–H and O–H groups in total. The molecule has 0 spiro atoms. The highest BCUT2D eigenvalue weighted by atomic mass is 19.4. The quantitative estimate of drug-likeness (QED) is 0.353. The minimum atomic E-state index is -4.95. The monoisotopic (exact) mass is 463 g/mol. The number of aromatic nitrogens is 1. The minimum absolute atomic E-state index is 0.101. The van der Waals surface area contributed by atoms with E-state index in [1.807, 2.05) is 6.92 Å². The highest BCUT2D eigenvalue weighted by Crippen LogP contribution is 2.38.